The highest BCUT2D eigenvalue weighted by Crippen LogP contribution is 2.55. The van der Waals surface area contributed by atoms with Crippen LogP contribution in [0.2, 0.25) is 5.02 Å². The lowest BCUT2D eigenvalue weighted by Gasteiger charge is -2.38. The third-order valence-corrected chi connectivity index (χ3v) is 4.07. The Kier molecular flexibility index (Phi) is 4.21. The molecule has 0 heterocycles. The molecule has 1 aliphatic carbocycles. The van der Waals surface area contributed by atoms with Gasteiger partial charge in [-0.2, -0.15) is 4.99 Å². The molecule has 6 heteroatoms. The van der Waals surface area contributed by atoms with Gasteiger partial charge in [0.25, 0.3) is 0 Å². The van der Waals surface area contributed by atoms with Crippen molar-refractivity contribution in [2.75, 3.05) is 21.3 Å². The Labute approximate surface area is 122 Å². The van der Waals surface area contributed by atoms with Gasteiger partial charge in [-0.05, 0) is 19.3 Å². The number of halogens is 1. The molecule has 2 rings (SSSR count). The molecular weight excluding hydrogens is 282 g/mol. The van der Waals surface area contributed by atoms with E-state index in [-0.39, 0.29) is 0 Å². The molecule has 0 unspecified atom stereocenters. The van der Waals surface area contributed by atoms with E-state index in [9.17, 15) is 4.79 Å². The highest BCUT2D eigenvalue weighted by molar-refractivity contribution is 6.33. The van der Waals surface area contributed by atoms with Crippen LogP contribution in [0.1, 0.15) is 24.8 Å². The lowest BCUT2D eigenvalue weighted by Crippen LogP contribution is -2.33. The summed E-state index contributed by atoms with van der Waals surface area (Å²) in [6.45, 7) is 0. The number of rotatable bonds is 5. The van der Waals surface area contributed by atoms with Gasteiger partial charge >= 0.3 is 0 Å². The molecule has 0 bridgehead atoms. The summed E-state index contributed by atoms with van der Waals surface area (Å²) in [7, 11) is 4.58. The Morgan fingerprint density at radius 3 is 2.25 bits per heavy atom. The molecule has 0 atom stereocenters. The third-order valence-electron chi connectivity index (χ3n) is 3.70. The standard InChI is InChI=1S/C14H16ClNO4/c1-18-9-7-10(19-2)13(20-3)11(12(9)15)14(16-8-17)5-4-6-14/h7H,4-6H2,1-3H3. The van der Waals surface area contributed by atoms with E-state index in [0.717, 1.165) is 6.42 Å². The number of nitrogens with zero attached hydrogens (tertiary/aromatic N) is 1. The van der Waals surface area contributed by atoms with Crippen molar-refractivity contribution in [3.05, 3.63) is 16.7 Å². The summed E-state index contributed by atoms with van der Waals surface area (Å²) in [5, 5.41) is 0.392. The SMILES string of the molecule is COc1cc(OC)c(OC)c(C2(N=C=O)CCC2)c1Cl. The average Bonchev–Trinajstić information content (AvgIpc) is 2.42. The van der Waals surface area contributed by atoms with Gasteiger partial charge in [-0.3, -0.25) is 0 Å². The normalized spacial score (nSPS) is 15.8. The number of aliphatic imine (C=N–C) groups is 1. The Bertz CT molecular complexity index is 563. The zero-order valence-electron chi connectivity index (χ0n) is 11.7. The van der Waals surface area contributed by atoms with Gasteiger partial charge in [-0.25, -0.2) is 4.79 Å². The van der Waals surface area contributed by atoms with Crippen LogP contribution in [0.15, 0.2) is 11.1 Å². The fraction of sp³-hybridized carbons (Fsp3) is 0.500. The Hall–Kier alpha value is -1.71. The molecule has 0 radical (unpaired) electrons. The first-order valence-electron chi connectivity index (χ1n) is 6.21. The smallest absolute Gasteiger partial charge is 0.235 e. The summed E-state index contributed by atoms with van der Waals surface area (Å²) in [5.41, 5.74) is -0.0566. The Morgan fingerprint density at radius 2 is 1.85 bits per heavy atom. The Balaban J connectivity index is 2.74. The van der Waals surface area contributed by atoms with E-state index in [4.69, 9.17) is 25.8 Å². The minimum absolute atomic E-state index is 0.392. The fourth-order valence-electron chi connectivity index (χ4n) is 2.53. The summed E-state index contributed by atoms with van der Waals surface area (Å²) in [6, 6.07) is 1.65. The molecule has 1 fully saturated rings. The molecule has 1 saturated carbocycles. The summed E-state index contributed by atoms with van der Waals surface area (Å²) in [6.07, 6.45) is 4.04. The van der Waals surface area contributed by atoms with Gasteiger partial charge in [0.15, 0.2) is 11.5 Å². The van der Waals surface area contributed by atoms with Crippen LogP contribution >= 0.6 is 11.6 Å². The minimum atomic E-state index is -0.688. The average molecular weight is 298 g/mol. The molecular formula is C14H16ClNO4. The zero-order valence-corrected chi connectivity index (χ0v) is 12.4. The second-order valence-corrected chi connectivity index (χ2v) is 4.97. The summed E-state index contributed by atoms with van der Waals surface area (Å²) in [4.78, 5) is 14.7. The van der Waals surface area contributed by atoms with Crippen molar-refractivity contribution in [1.82, 2.24) is 0 Å². The third kappa shape index (κ3) is 2.13. The van der Waals surface area contributed by atoms with E-state index in [2.05, 4.69) is 4.99 Å². The highest BCUT2D eigenvalue weighted by Gasteiger charge is 2.44. The predicted molar refractivity (Wildman–Crippen MR) is 74.8 cm³/mol. The van der Waals surface area contributed by atoms with Gasteiger partial charge in [0.05, 0.1) is 26.4 Å². The van der Waals surface area contributed by atoms with E-state index in [0.29, 0.717) is 40.7 Å². The van der Waals surface area contributed by atoms with Crippen molar-refractivity contribution in [1.29, 1.82) is 0 Å². The molecule has 1 aliphatic rings. The molecule has 0 amide bonds. The maximum Gasteiger partial charge on any atom is 0.235 e. The number of isocyanates is 1. The van der Waals surface area contributed by atoms with Gasteiger partial charge in [0, 0.05) is 11.6 Å². The van der Waals surface area contributed by atoms with Crippen molar-refractivity contribution >= 4 is 17.7 Å². The lowest BCUT2D eigenvalue weighted by atomic mass is 9.72. The van der Waals surface area contributed by atoms with Gasteiger partial charge in [-0.15, -0.1) is 0 Å². The minimum Gasteiger partial charge on any atom is -0.495 e. The molecule has 0 N–H and O–H groups in total. The summed E-state index contributed by atoms with van der Waals surface area (Å²) in [5.74, 6) is 1.44. The van der Waals surface area contributed by atoms with Gasteiger partial charge in [0.1, 0.15) is 11.3 Å². The van der Waals surface area contributed by atoms with Gasteiger partial charge in [0.2, 0.25) is 6.08 Å². The molecule has 1 aromatic rings. The van der Waals surface area contributed by atoms with Gasteiger partial charge in [-0.1, -0.05) is 11.6 Å². The molecule has 5 nitrogen and oxygen atoms in total. The lowest BCUT2D eigenvalue weighted by molar-refractivity contribution is 0.241. The van der Waals surface area contributed by atoms with Crippen LogP contribution < -0.4 is 14.2 Å². The van der Waals surface area contributed by atoms with Crippen molar-refractivity contribution in [2.45, 2.75) is 24.8 Å². The summed E-state index contributed by atoms with van der Waals surface area (Å²) >= 11 is 6.40. The maximum atomic E-state index is 10.8. The fourth-order valence-corrected chi connectivity index (χ4v) is 2.92. The van der Waals surface area contributed by atoms with E-state index in [1.165, 1.54) is 21.3 Å². The summed E-state index contributed by atoms with van der Waals surface area (Å²) < 4.78 is 16.0. The number of benzene rings is 1. The van der Waals surface area contributed by atoms with Gasteiger partial charge < -0.3 is 14.2 Å². The number of hydrogen-bond acceptors (Lipinski definition) is 5. The number of carbonyl (C=O) groups excluding carboxylic acids is 1. The van der Waals surface area contributed by atoms with Crippen molar-refractivity contribution in [3.8, 4) is 17.2 Å². The van der Waals surface area contributed by atoms with E-state index in [1.54, 1.807) is 12.1 Å². The largest absolute Gasteiger partial charge is 0.495 e. The molecule has 0 spiro atoms. The highest BCUT2D eigenvalue weighted by atomic mass is 35.5. The molecule has 108 valence electrons. The first-order chi connectivity index (χ1) is 9.63. The molecule has 0 aliphatic heterocycles. The van der Waals surface area contributed by atoms with Crippen LogP contribution in [-0.2, 0) is 10.3 Å². The predicted octanol–water partition coefficient (Wildman–Crippen LogP) is 3.08. The van der Waals surface area contributed by atoms with Crippen molar-refractivity contribution in [3.63, 3.8) is 0 Å². The van der Waals surface area contributed by atoms with Crippen LogP contribution in [0.25, 0.3) is 0 Å². The number of ether oxygens (including phenoxy) is 3. The topological polar surface area (TPSA) is 57.1 Å². The van der Waals surface area contributed by atoms with E-state index in [1.807, 2.05) is 0 Å². The first kappa shape index (κ1) is 14.7. The quantitative estimate of drug-likeness (QED) is 0.619. The molecule has 0 saturated heterocycles. The van der Waals surface area contributed by atoms with E-state index < -0.39 is 5.54 Å². The van der Waals surface area contributed by atoms with Crippen LogP contribution in [-0.4, -0.2) is 27.4 Å². The maximum absolute atomic E-state index is 10.8. The second kappa shape index (κ2) is 5.73. The van der Waals surface area contributed by atoms with E-state index >= 15 is 0 Å². The number of methoxy groups -OCH3 is 3. The van der Waals surface area contributed by atoms with Crippen LogP contribution in [0.3, 0.4) is 0 Å². The monoisotopic (exact) mass is 297 g/mol. The Morgan fingerprint density at radius 1 is 1.20 bits per heavy atom. The molecule has 0 aromatic heterocycles. The second-order valence-electron chi connectivity index (χ2n) is 4.59. The van der Waals surface area contributed by atoms with Crippen molar-refractivity contribution < 1.29 is 19.0 Å². The molecule has 20 heavy (non-hydrogen) atoms. The van der Waals surface area contributed by atoms with Crippen LogP contribution in [0, 0.1) is 0 Å². The van der Waals surface area contributed by atoms with Crippen LogP contribution in [0.5, 0.6) is 17.2 Å². The molecule has 1 aromatic carbocycles. The van der Waals surface area contributed by atoms with Crippen molar-refractivity contribution in [2.24, 2.45) is 4.99 Å². The first-order valence-corrected chi connectivity index (χ1v) is 6.59. The van der Waals surface area contributed by atoms with Crippen LogP contribution in [0.4, 0.5) is 0 Å². The zero-order chi connectivity index (χ0) is 14.8. The number of hydrogen-bond donors (Lipinski definition) is 0.